The first-order chi connectivity index (χ1) is 8.54. The maximum Gasteiger partial charge on any atom is 0.336 e. The zero-order chi connectivity index (χ0) is 13.1. The summed E-state index contributed by atoms with van der Waals surface area (Å²) in [4.78, 5) is 22.6. The lowest BCUT2D eigenvalue weighted by Gasteiger charge is -2.03. The molecular weight excluding hydrogens is 230 g/mol. The Hall–Kier alpha value is -2.36. The summed E-state index contributed by atoms with van der Waals surface area (Å²) in [6.07, 6.45) is 1.52. The minimum Gasteiger partial charge on any atom is -0.423 e. The van der Waals surface area contributed by atoms with Gasteiger partial charge in [-0.2, -0.15) is 0 Å². The van der Waals surface area contributed by atoms with Gasteiger partial charge in [0.1, 0.15) is 5.58 Å². The van der Waals surface area contributed by atoms with E-state index in [4.69, 9.17) is 4.42 Å². The number of allylic oxidation sites excluding steroid dienone is 1. The number of anilines is 1. The fourth-order valence-electron chi connectivity index (χ4n) is 1.59. The van der Waals surface area contributed by atoms with E-state index < -0.39 is 0 Å². The lowest BCUT2D eigenvalue weighted by atomic mass is 10.2. The summed E-state index contributed by atoms with van der Waals surface area (Å²) in [5.41, 5.74) is 1.71. The van der Waals surface area contributed by atoms with Crippen molar-refractivity contribution in [2.75, 3.05) is 5.32 Å². The Kier molecular flexibility index (Phi) is 3.28. The summed E-state index contributed by atoms with van der Waals surface area (Å²) in [7, 11) is 0. The van der Waals surface area contributed by atoms with Crippen LogP contribution in [0.15, 0.2) is 51.2 Å². The molecule has 0 bridgehead atoms. The van der Waals surface area contributed by atoms with Gasteiger partial charge in [-0.25, -0.2) is 4.79 Å². The topological polar surface area (TPSA) is 59.3 Å². The van der Waals surface area contributed by atoms with Gasteiger partial charge in [-0.05, 0) is 38.1 Å². The van der Waals surface area contributed by atoms with Gasteiger partial charge >= 0.3 is 5.63 Å². The molecule has 0 aliphatic carbocycles. The van der Waals surface area contributed by atoms with Crippen LogP contribution < -0.4 is 10.9 Å². The second-order valence-corrected chi connectivity index (χ2v) is 4.22. The Balaban J connectivity index is 2.31. The van der Waals surface area contributed by atoms with Crippen molar-refractivity contribution in [3.63, 3.8) is 0 Å². The van der Waals surface area contributed by atoms with Crippen LogP contribution in [0.25, 0.3) is 11.0 Å². The zero-order valence-electron chi connectivity index (χ0n) is 10.2. The number of fused-ring (bicyclic) bond motifs is 1. The number of rotatable bonds is 2. The fourth-order valence-corrected chi connectivity index (χ4v) is 1.59. The first-order valence-corrected chi connectivity index (χ1v) is 5.54. The molecule has 92 valence electrons. The minimum absolute atomic E-state index is 0.174. The summed E-state index contributed by atoms with van der Waals surface area (Å²) in [6, 6.07) is 8.13. The maximum absolute atomic E-state index is 11.6. The van der Waals surface area contributed by atoms with Gasteiger partial charge in [0.15, 0.2) is 0 Å². The molecule has 4 heteroatoms. The number of carbonyl (C=O) groups is 1. The standard InChI is InChI=1S/C14H13NO3/c1-9(2)7-13(16)15-11-4-5-12-10(8-11)3-6-14(17)18-12/h3-8H,1-2H3,(H,15,16). The number of hydrogen-bond donors (Lipinski definition) is 1. The van der Waals surface area contributed by atoms with Crippen LogP contribution in [0.3, 0.4) is 0 Å². The third-order valence-corrected chi connectivity index (χ3v) is 2.31. The zero-order valence-corrected chi connectivity index (χ0v) is 10.2. The molecule has 2 rings (SSSR count). The quantitative estimate of drug-likeness (QED) is 0.651. The highest BCUT2D eigenvalue weighted by Crippen LogP contribution is 2.17. The Morgan fingerprint density at radius 2 is 2.00 bits per heavy atom. The van der Waals surface area contributed by atoms with E-state index in [1.807, 2.05) is 13.8 Å². The van der Waals surface area contributed by atoms with Crippen LogP contribution >= 0.6 is 0 Å². The van der Waals surface area contributed by atoms with E-state index in [2.05, 4.69) is 5.32 Å². The minimum atomic E-state index is -0.385. The van der Waals surface area contributed by atoms with Crippen LogP contribution in [0.4, 0.5) is 5.69 Å². The summed E-state index contributed by atoms with van der Waals surface area (Å²) < 4.78 is 5.01. The summed E-state index contributed by atoms with van der Waals surface area (Å²) in [5, 5.41) is 3.51. The van der Waals surface area contributed by atoms with Crippen molar-refractivity contribution in [2.24, 2.45) is 0 Å². The van der Waals surface area contributed by atoms with E-state index in [-0.39, 0.29) is 11.5 Å². The molecule has 0 fully saturated rings. The second kappa shape index (κ2) is 4.87. The van der Waals surface area contributed by atoms with Crippen molar-refractivity contribution in [3.05, 3.63) is 52.4 Å². The molecule has 0 spiro atoms. The molecule has 0 radical (unpaired) electrons. The highest BCUT2D eigenvalue weighted by atomic mass is 16.4. The van der Waals surface area contributed by atoms with E-state index in [1.54, 1.807) is 24.3 Å². The lowest BCUT2D eigenvalue weighted by Crippen LogP contribution is -2.08. The first kappa shape index (κ1) is 12.1. The normalized spacial score (nSPS) is 10.1. The summed E-state index contributed by atoms with van der Waals surface area (Å²) in [5.74, 6) is -0.174. The summed E-state index contributed by atoms with van der Waals surface area (Å²) in [6.45, 7) is 3.71. The van der Waals surface area contributed by atoms with Gasteiger partial charge in [-0.1, -0.05) is 5.57 Å². The molecule has 1 N–H and O–H groups in total. The molecule has 0 atom stereocenters. The third kappa shape index (κ3) is 2.85. The van der Waals surface area contributed by atoms with Gasteiger partial charge in [0.2, 0.25) is 5.91 Å². The molecule has 0 aliphatic heterocycles. The van der Waals surface area contributed by atoms with Gasteiger partial charge in [0.25, 0.3) is 0 Å². The molecular formula is C14H13NO3. The Labute approximate surface area is 104 Å². The number of carbonyl (C=O) groups excluding carboxylic acids is 1. The number of amides is 1. The Bertz CT molecular complexity index is 679. The lowest BCUT2D eigenvalue weighted by molar-refractivity contribution is -0.111. The number of nitrogens with one attached hydrogen (secondary N) is 1. The molecule has 4 nitrogen and oxygen atoms in total. The van der Waals surface area contributed by atoms with Crippen LogP contribution in [0.1, 0.15) is 13.8 Å². The Morgan fingerprint density at radius 1 is 1.22 bits per heavy atom. The smallest absolute Gasteiger partial charge is 0.336 e. The predicted octanol–water partition coefficient (Wildman–Crippen LogP) is 2.70. The first-order valence-electron chi connectivity index (χ1n) is 5.54. The molecule has 1 aromatic carbocycles. The van der Waals surface area contributed by atoms with Crippen molar-refractivity contribution >= 4 is 22.6 Å². The number of benzene rings is 1. The predicted molar refractivity (Wildman–Crippen MR) is 70.5 cm³/mol. The van der Waals surface area contributed by atoms with Gasteiger partial charge < -0.3 is 9.73 Å². The van der Waals surface area contributed by atoms with E-state index in [1.165, 1.54) is 12.1 Å². The van der Waals surface area contributed by atoms with Crippen molar-refractivity contribution in [3.8, 4) is 0 Å². The average molecular weight is 243 g/mol. The van der Waals surface area contributed by atoms with Gasteiger partial charge in [-0.15, -0.1) is 0 Å². The van der Waals surface area contributed by atoms with E-state index in [0.29, 0.717) is 11.3 Å². The molecule has 0 aliphatic rings. The molecule has 18 heavy (non-hydrogen) atoms. The van der Waals surface area contributed by atoms with Gasteiger partial charge in [0, 0.05) is 23.2 Å². The molecule has 0 unspecified atom stereocenters. The van der Waals surface area contributed by atoms with E-state index in [9.17, 15) is 9.59 Å². The highest BCUT2D eigenvalue weighted by molar-refractivity contribution is 6.00. The highest BCUT2D eigenvalue weighted by Gasteiger charge is 2.01. The summed E-state index contributed by atoms with van der Waals surface area (Å²) >= 11 is 0. The third-order valence-electron chi connectivity index (χ3n) is 2.31. The van der Waals surface area contributed by atoms with Gasteiger partial charge in [0.05, 0.1) is 0 Å². The van der Waals surface area contributed by atoms with E-state index >= 15 is 0 Å². The maximum atomic E-state index is 11.6. The monoisotopic (exact) mass is 243 g/mol. The van der Waals surface area contributed by atoms with Crippen molar-refractivity contribution in [1.82, 2.24) is 0 Å². The van der Waals surface area contributed by atoms with Crippen LogP contribution in [0, 0.1) is 0 Å². The van der Waals surface area contributed by atoms with Crippen LogP contribution in [0.5, 0.6) is 0 Å². The van der Waals surface area contributed by atoms with Crippen molar-refractivity contribution in [2.45, 2.75) is 13.8 Å². The fraction of sp³-hybridized carbons (Fsp3) is 0.143. The van der Waals surface area contributed by atoms with Crippen molar-refractivity contribution in [1.29, 1.82) is 0 Å². The largest absolute Gasteiger partial charge is 0.423 e. The molecule has 1 amide bonds. The Morgan fingerprint density at radius 3 is 2.72 bits per heavy atom. The van der Waals surface area contributed by atoms with Crippen LogP contribution in [0.2, 0.25) is 0 Å². The second-order valence-electron chi connectivity index (χ2n) is 4.22. The van der Waals surface area contributed by atoms with E-state index in [0.717, 1.165) is 11.0 Å². The van der Waals surface area contributed by atoms with Crippen LogP contribution in [-0.2, 0) is 4.79 Å². The molecule has 0 saturated carbocycles. The average Bonchev–Trinajstić information content (AvgIpc) is 2.28. The van der Waals surface area contributed by atoms with Crippen molar-refractivity contribution < 1.29 is 9.21 Å². The molecule has 1 heterocycles. The van der Waals surface area contributed by atoms with Gasteiger partial charge in [-0.3, -0.25) is 4.79 Å². The molecule has 2 aromatic rings. The number of hydrogen-bond acceptors (Lipinski definition) is 3. The SMILES string of the molecule is CC(C)=CC(=O)Nc1ccc2oc(=O)ccc2c1. The molecule has 1 aromatic heterocycles. The molecule has 0 saturated heterocycles. The van der Waals surface area contributed by atoms with Crippen LogP contribution in [-0.4, -0.2) is 5.91 Å².